The van der Waals surface area contributed by atoms with Gasteiger partial charge >= 0.3 is 13.1 Å². The fourth-order valence-corrected chi connectivity index (χ4v) is 3.42. The molecule has 0 saturated heterocycles. The highest BCUT2D eigenvalue weighted by atomic mass is 32.2. The van der Waals surface area contributed by atoms with E-state index in [1.807, 2.05) is 0 Å². The molecule has 0 bridgehead atoms. The highest BCUT2D eigenvalue weighted by molar-refractivity contribution is 8.01. The van der Waals surface area contributed by atoms with E-state index >= 15 is 0 Å². The first-order chi connectivity index (χ1) is 11.8. The number of anilines is 1. The molecule has 2 aromatic rings. The number of amides is 1. The maximum Gasteiger partial charge on any atom is 0.475 e. The quantitative estimate of drug-likeness (QED) is 0.304. The number of benzene rings is 1. The molecule has 0 aliphatic rings. The van der Waals surface area contributed by atoms with Crippen LogP contribution in [0.2, 0.25) is 0 Å². The number of thioether (sulfide) groups is 1. The van der Waals surface area contributed by atoms with E-state index in [1.54, 1.807) is 12.1 Å². The number of nitrogens with zero attached hydrogens (tertiary/aromatic N) is 2. The fraction of sp³-hybridized carbons (Fsp3) is 0.231. The van der Waals surface area contributed by atoms with Crippen molar-refractivity contribution in [2.45, 2.75) is 16.7 Å². The third-order valence-electron chi connectivity index (χ3n) is 3.08. The number of carbonyl (C=O) groups is 2. The molecule has 6 N–H and O–H groups in total. The van der Waals surface area contributed by atoms with Crippen LogP contribution in [0.25, 0.3) is 0 Å². The molecular weight excluding hydrogens is 367 g/mol. The van der Waals surface area contributed by atoms with Gasteiger partial charge in [0.25, 0.3) is 0 Å². The Bertz CT molecular complexity index is 758. The third-order valence-corrected chi connectivity index (χ3v) is 4.97. The van der Waals surface area contributed by atoms with Crippen LogP contribution in [0.4, 0.5) is 5.13 Å². The number of nitrogens with one attached hydrogen (secondary N) is 1. The van der Waals surface area contributed by atoms with Gasteiger partial charge in [-0.05, 0) is 24.1 Å². The molecule has 0 radical (unpaired) electrons. The second kappa shape index (κ2) is 8.81. The summed E-state index contributed by atoms with van der Waals surface area (Å²) in [6.45, 7) is 0. The Labute approximate surface area is 151 Å². The molecule has 2 rings (SSSR count). The summed E-state index contributed by atoms with van der Waals surface area (Å²) in [7, 11) is -1.79. The second-order valence-electron chi connectivity index (χ2n) is 4.99. The summed E-state index contributed by atoms with van der Waals surface area (Å²) in [4.78, 5) is 23.0. The average molecular weight is 382 g/mol. The van der Waals surface area contributed by atoms with Crippen LogP contribution < -0.4 is 11.1 Å². The Morgan fingerprint density at radius 2 is 2.12 bits per heavy atom. The van der Waals surface area contributed by atoms with Gasteiger partial charge in [0.05, 0.1) is 17.3 Å². The van der Waals surface area contributed by atoms with Gasteiger partial charge in [0, 0.05) is 0 Å². The summed E-state index contributed by atoms with van der Waals surface area (Å²) in [5.74, 6) is -2.48. The number of hydrogen-bond acceptors (Lipinski definition) is 9. The summed E-state index contributed by atoms with van der Waals surface area (Å²) in [6.07, 6.45) is 0.0704. The molecule has 12 heteroatoms. The van der Waals surface area contributed by atoms with Crippen molar-refractivity contribution in [1.29, 1.82) is 0 Å². The lowest BCUT2D eigenvalue weighted by molar-refractivity contribution is -0.118. The largest absolute Gasteiger partial charge is 0.478 e. The molecule has 0 saturated carbocycles. The van der Waals surface area contributed by atoms with Gasteiger partial charge in [0.1, 0.15) is 0 Å². The molecule has 9 nitrogen and oxygen atoms in total. The lowest BCUT2D eigenvalue weighted by Crippen LogP contribution is -2.48. The number of carboxylic acids is 1. The van der Waals surface area contributed by atoms with Crippen molar-refractivity contribution in [3.63, 3.8) is 0 Å². The van der Waals surface area contributed by atoms with E-state index in [4.69, 9.17) is 10.8 Å². The summed E-state index contributed by atoms with van der Waals surface area (Å²) in [6, 6.07) is 6.05. The monoisotopic (exact) mass is 382 g/mol. The number of nitrogens with two attached hydrogens (primary N) is 1. The number of aromatic nitrogens is 2. The zero-order valence-corrected chi connectivity index (χ0v) is 14.5. The van der Waals surface area contributed by atoms with E-state index in [0.29, 0.717) is 15.0 Å². The summed E-state index contributed by atoms with van der Waals surface area (Å²) in [5, 5.41) is 38.1. The maximum absolute atomic E-state index is 12.0. The van der Waals surface area contributed by atoms with Crippen LogP contribution in [0.3, 0.4) is 0 Å². The number of hydrogen-bond donors (Lipinski definition) is 5. The zero-order valence-electron chi connectivity index (χ0n) is 12.8. The van der Waals surface area contributed by atoms with Crippen LogP contribution >= 0.6 is 23.1 Å². The van der Waals surface area contributed by atoms with Crippen LogP contribution in [0.5, 0.6) is 0 Å². The number of rotatable bonds is 8. The molecule has 1 atom stereocenters. The summed E-state index contributed by atoms with van der Waals surface area (Å²) in [5.41, 5.74) is 6.09. The zero-order chi connectivity index (χ0) is 18.4. The minimum Gasteiger partial charge on any atom is -0.478 e. The minimum absolute atomic E-state index is 0.00696. The van der Waals surface area contributed by atoms with E-state index < -0.39 is 24.9 Å². The van der Waals surface area contributed by atoms with Gasteiger partial charge in [0.2, 0.25) is 11.0 Å². The molecule has 1 aromatic carbocycles. The first-order valence-corrected chi connectivity index (χ1v) is 8.85. The van der Waals surface area contributed by atoms with Gasteiger partial charge in [-0.2, -0.15) is 0 Å². The van der Waals surface area contributed by atoms with Gasteiger partial charge in [-0.15, -0.1) is 10.2 Å². The smallest absolute Gasteiger partial charge is 0.475 e. The van der Waals surface area contributed by atoms with Gasteiger partial charge in [-0.1, -0.05) is 35.2 Å². The minimum atomic E-state index is -1.79. The van der Waals surface area contributed by atoms with E-state index in [9.17, 15) is 19.6 Å². The van der Waals surface area contributed by atoms with Crippen molar-refractivity contribution < 1.29 is 24.7 Å². The average Bonchev–Trinajstić information content (AvgIpc) is 2.98. The fourth-order valence-electron chi connectivity index (χ4n) is 1.97. The highest BCUT2D eigenvalue weighted by Crippen LogP contribution is 2.23. The molecule has 1 aromatic heterocycles. The number of aromatic carboxylic acids is 1. The first kappa shape index (κ1) is 19.2. The molecule has 25 heavy (non-hydrogen) atoms. The van der Waals surface area contributed by atoms with Crippen molar-refractivity contribution in [1.82, 2.24) is 15.5 Å². The van der Waals surface area contributed by atoms with E-state index in [1.165, 1.54) is 12.1 Å². The van der Waals surface area contributed by atoms with Crippen molar-refractivity contribution in [2.75, 3.05) is 11.5 Å². The SMILES string of the molecule is Nc1nnc(SCC(=O)NC(Cc2cccc(C(=O)O)c2)B(O)O)s1. The van der Waals surface area contributed by atoms with Crippen LogP contribution in [0.15, 0.2) is 28.6 Å². The van der Waals surface area contributed by atoms with Crippen molar-refractivity contribution >= 4 is 47.2 Å². The van der Waals surface area contributed by atoms with E-state index in [2.05, 4.69) is 15.5 Å². The van der Waals surface area contributed by atoms with Crippen molar-refractivity contribution in [3.05, 3.63) is 35.4 Å². The molecule has 0 fully saturated rings. The van der Waals surface area contributed by atoms with Gasteiger partial charge in [-0.25, -0.2) is 4.79 Å². The highest BCUT2D eigenvalue weighted by Gasteiger charge is 2.26. The molecule has 1 heterocycles. The van der Waals surface area contributed by atoms with Crippen molar-refractivity contribution in [2.24, 2.45) is 0 Å². The normalized spacial score (nSPS) is 11.8. The number of nitrogen functional groups attached to an aromatic ring is 1. The molecular formula is C13H15BN4O5S2. The lowest BCUT2D eigenvalue weighted by Gasteiger charge is -2.18. The third kappa shape index (κ3) is 6.01. The standard InChI is InChI=1S/C13H15BN4O5S2/c15-12-17-18-13(25-12)24-6-10(19)16-9(14(22)23)5-7-2-1-3-8(4-7)11(20)21/h1-4,9,22-23H,5-6H2,(H2,15,17)(H,16,19)(H,20,21). The Kier molecular flexibility index (Phi) is 6.76. The predicted molar refractivity (Wildman–Crippen MR) is 94.3 cm³/mol. The molecule has 1 unspecified atom stereocenters. The van der Waals surface area contributed by atoms with E-state index in [-0.39, 0.29) is 17.7 Å². The summed E-state index contributed by atoms with van der Waals surface area (Å²) < 4.78 is 0.530. The van der Waals surface area contributed by atoms with Crippen LogP contribution in [-0.4, -0.2) is 56.0 Å². The molecule has 1 amide bonds. The van der Waals surface area contributed by atoms with Crippen LogP contribution in [-0.2, 0) is 11.2 Å². The van der Waals surface area contributed by atoms with Gasteiger partial charge in [0.15, 0.2) is 4.34 Å². The lowest BCUT2D eigenvalue weighted by atomic mass is 9.76. The van der Waals surface area contributed by atoms with Crippen LogP contribution in [0, 0.1) is 0 Å². The van der Waals surface area contributed by atoms with Gasteiger partial charge < -0.3 is 26.2 Å². The van der Waals surface area contributed by atoms with Crippen molar-refractivity contribution in [3.8, 4) is 0 Å². The summed E-state index contributed by atoms with van der Waals surface area (Å²) >= 11 is 2.27. The van der Waals surface area contributed by atoms with Crippen LogP contribution in [0.1, 0.15) is 15.9 Å². The predicted octanol–water partition coefficient (Wildman–Crippen LogP) is -0.350. The number of carbonyl (C=O) groups excluding carboxylic acids is 1. The Hall–Kier alpha value is -2.15. The molecule has 0 aliphatic heterocycles. The maximum atomic E-state index is 12.0. The molecule has 132 valence electrons. The molecule has 0 spiro atoms. The van der Waals surface area contributed by atoms with E-state index in [0.717, 1.165) is 23.1 Å². The Morgan fingerprint density at radius 1 is 1.36 bits per heavy atom. The topological polar surface area (TPSA) is 159 Å². The molecule has 0 aliphatic carbocycles. The number of carboxylic acid groups (broad SMARTS) is 1. The first-order valence-electron chi connectivity index (χ1n) is 7.04. The second-order valence-corrected chi connectivity index (χ2v) is 7.22. The Balaban J connectivity index is 1.94. The van der Waals surface area contributed by atoms with Gasteiger partial charge in [-0.3, -0.25) is 4.79 Å². The Morgan fingerprint density at radius 3 is 2.72 bits per heavy atom.